The SMILES string of the molecule is Cc1cc(C)c(C(Br)c2ccc(F)c(Cl)c2)c(C)c1. The first kappa shape index (κ1) is 14.5. The van der Waals surface area contributed by atoms with Crippen molar-refractivity contribution in [3.8, 4) is 0 Å². The fourth-order valence-corrected chi connectivity index (χ4v) is 3.62. The second-order valence-corrected chi connectivity index (χ2v) is 6.17. The molecular weight excluding hydrogens is 327 g/mol. The molecule has 0 N–H and O–H groups in total. The van der Waals surface area contributed by atoms with Gasteiger partial charge in [-0.25, -0.2) is 4.39 Å². The third kappa shape index (κ3) is 3.01. The summed E-state index contributed by atoms with van der Waals surface area (Å²) in [6.45, 7) is 6.27. The molecule has 0 amide bonds. The molecule has 3 heteroatoms. The number of hydrogen-bond donors (Lipinski definition) is 0. The number of hydrogen-bond acceptors (Lipinski definition) is 0. The van der Waals surface area contributed by atoms with Crippen LogP contribution < -0.4 is 0 Å². The Balaban J connectivity index is 2.49. The summed E-state index contributed by atoms with van der Waals surface area (Å²) >= 11 is 9.55. The highest BCUT2D eigenvalue weighted by atomic mass is 79.9. The highest BCUT2D eigenvalue weighted by Gasteiger charge is 2.16. The fourth-order valence-electron chi connectivity index (χ4n) is 2.43. The minimum atomic E-state index is -0.387. The van der Waals surface area contributed by atoms with Crippen molar-refractivity contribution in [3.05, 3.63) is 69.0 Å². The number of aryl methyl sites for hydroxylation is 3. The van der Waals surface area contributed by atoms with E-state index in [-0.39, 0.29) is 15.7 Å². The van der Waals surface area contributed by atoms with E-state index < -0.39 is 0 Å². The Hall–Kier alpha value is -0.860. The first-order valence-corrected chi connectivity index (χ1v) is 7.36. The maximum absolute atomic E-state index is 13.2. The molecule has 0 saturated carbocycles. The molecule has 19 heavy (non-hydrogen) atoms. The molecule has 0 aliphatic heterocycles. The van der Waals surface area contributed by atoms with E-state index in [0.29, 0.717) is 0 Å². The Labute approximate surface area is 126 Å². The highest BCUT2D eigenvalue weighted by Crippen LogP contribution is 2.36. The monoisotopic (exact) mass is 340 g/mol. The summed E-state index contributed by atoms with van der Waals surface area (Å²) in [6.07, 6.45) is 0. The van der Waals surface area contributed by atoms with E-state index in [9.17, 15) is 4.39 Å². The van der Waals surface area contributed by atoms with Crippen LogP contribution in [-0.2, 0) is 0 Å². The van der Waals surface area contributed by atoms with Gasteiger partial charge in [0.25, 0.3) is 0 Å². The Kier molecular flexibility index (Phi) is 4.32. The minimum Gasteiger partial charge on any atom is -0.205 e. The number of benzene rings is 2. The maximum atomic E-state index is 13.2. The Morgan fingerprint density at radius 1 is 1.05 bits per heavy atom. The molecule has 2 rings (SSSR count). The van der Waals surface area contributed by atoms with Gasteiger partial charge in [-0.1, -0.05) is 51.3 Å². The zero-order chi connectivity index (χ0) is 14.2. The van der Waals surface area contributed by atoms with Gasteiger partial charge >= 0.3 is 0 Å². The average molecular weight is 342 g/mol. The van der Waals surface area contributed by atoms with Gasteiger partial charge in [0.1, 0.15) is 5.82 Å². The second-order valence-electron chi connectivity index (χ2n) is 4.85. The Morgan fingerprint density at radius 3 is 2.16 bits per heavy atom. The molecule has 1 unspecified atom stereocenters. The molecule has 0 aliphatic carbocycles. The highest BCUT2D eigenvalue weighted by molar-refractivity contribution is 9.09. The van der Waals surface area contributed by atoms with Crippen LogP contribution in [-0.4, -0.2) is 0 Å². The first-order chi connectivity index (χ1) is 8.90. The minimum absolute atomic E-state index is 0.0196. The van der Waals surface area contributed by atoms with Crippen molar-refractivity contribution < 1.29 is 4.39 Å². The molecule has 2 aromatic rings. The number of alkyl halides is 1. The van der Waals surface area contributed by atoms with Crippen molar-refractivity contribution in [1.29, 1.82) is 0 Å². The molecule has 2 aromatic carbocycles. The van der Waals surface area contributed by atoms with E-state index in [0.717, 1.165) is 5.56 Å². The van der Waals surface area contributed by atoms with Crippen LogP contribution in [0.5, 0.6) is 0 Å². The van der Waals surface area contributed by atoms with Crippen LogP contribution in [0.2, 0.25) is 5.02 Å². The van der Waals surface area contributed by atoms with Crippen molar-refractivity contribution >= 4 is 27.5 Å². The Morgan fingerprint density at radius 2 is 1.63 bits per heavy atom. The van der Waals surface area contributed by atoms with E-state index in [2.05, 4.69) is 48.8 Å². The van der Waals surface area contributed by atoms with E-state index in [1.165, 1.54) is 28.3 Å². The van der Waals surface area contributed by atoms with Crippen LogP contribution in [0.1, 0.15) is 32.6 Å². The third-order valence-corrected chi connectivity index (χ3v) is 4.50. The van der Waals surface area contributed by atoms with Gasteiger partial charge in [-0.15, -0.1) is 0 Å². The Bertz CT molecular complexity index is 599. The smallest absolute Gasteiger partial charge is 0.141 e. The molecule has 0 spiro atoms. The lowest BCUT2D eigenvalue weighted by atomic mass is 9.94. The summed E-state index contributed by atoms with van der Waals surface area (Å²) in [4.78, 5) is 0.0196. The quantitative estimate of drug-likeness (QED) is 0.598. The summed E-state index contributed by atoms with van der Waals surface area (Å²) < 4.78 is 13.2. The van der Waals surface area contributed by atoms with E-state index >= 15 is 0 Å². The van der Waals surface area contributed by atoms with Gasteiger partial charge in [0, 0.05) is 0 Å². The molecule has 100 valence electrons. The number of rotatable bonds is 2. The average Bonchev–Trinajstić information content (AvgIpc) is 2.31. The molecule has 0 saturated heterocycles. The standard InChI is InChI=1S/C16H15BrClF/c1-9-6-10(2)15(11(3)7-9)16(17)12-4-5-14(19)13(18)8-12/h4-8,16H,1-3H3. The van der Waals surface area contributed by atoms with Crippen molar-refractivity contribution in [2.75, 3.05) is 0 Å². The molecule has 0 aromatic heterocycles. The summed E-state index contributed by atoms with van der Waals surface area (Å²) in [6, 6.07) is 9.16. The van der Waals surface area contributed by atoms with Crippen LogP contribution in [0.4, 0.5) is 4.39 Å². The van der Waals surface area contributed by atoms with E-state index in [4.69, 9.17) is 11.6 Å². The zero-order valence-electron chi connectivity index (χ0n) is 11.1. The molecule has 1 atom stereocenters. The molecule has 0 heterocycles. The van der Waals surface area contributed by atoms with Crippen molar-refractivity contribution in [2.24, 2.45) is 0 Å². The lowest BCUT2D eigenvalue weighted by molar-refractivity contribution is 0.627. The normalized spacial score (nSPS) is 12.5. The van der Waals surface area contributed by atoms with Crippen molar-refractivity contribution in [1.82, 2.24) is 0 Å². The van der Waals surface area contributed by atoms with Crippen LogP contribution >= 0.6 is 27.5 Å². The maximum Gasteiger partial charge on any atom is 0.141 e. The summed E-state index contributed by atoms with van der Waals surface area (Å²) in [5.74, 6) is -0.387. The van der Waals surface area contributed by atoms with Crippen molar-refractivity contribution in [3.63, 3.8) is 0 Å². The predicted molar refractivity (Wildman–Crippen MR) is 82.8 cm³/mol. The van der Waals surface area contributed by atoms with Gasteiger partial charge in [-0.2, -0.15) is 0 Å². The second kappa shape index (κ2) is 5.64. The summed E-state index contributed by atoms with van der Waals surface area (Å²) in [5.41, 5.74) is 5.87. The lowest BCUT2D eigenvalue weighted by Gasteiger charge is -2.18. The molecule has 0 aliphatic rings. The van der Waals surface area contributed by atoms with Gasteiger partial charge in [0.2, 0.25) is 0 Å². The van der Waals surface area contributed by atoms with Crippen LogP contribution in [0.25, 0.3) is 0 Å². The van der Waals surface area contributed by atoms with Gasteiger partial charge < -0.3 is 0 Å². The molecule has 0 bridgehead atoms. The third-order valence-electron chi connectivity index (χ3n) is 3.23. The van der Waals surface area contributed by atoms with Crippen LogP contribution in [0.15, 0.2) is 30.3 Å². The van der Waals surface area contributed by atoms with E-state index in [1.54, 1.807) is 12.1 Å². The van der Waals surface area contributed by atoms with Gasteiger partial charge in [0.15, 0.2) is 0 Å². The van der Waals surface area contributed by atoms with Crippen molar-refractivity contribution in [2.45, 2.75) is 25.6 Å². The van der Waals surface area contributed by atoms with Crippen LogP contribution in [0, 0.1) is 26.6 Å². The molecule has 0 nitrogen and oxygen atoms in total. The first-order valence-electron chi connectivity index (χ1n) is 6.07. The van der Waals surface area contributed by atoms with Crippen LogP contribution in [0.3, 0.4) is 0 Å². The largest absolute Gasteiger partial charge is 0.205 e. The van der Waals surface area contributed by atoms with Gasteiger partial charge in [0.05, 0.1) is 9.85 Å². The van der Waals surface area contributed by atoms with Gasteiger partial charge in [-0.3, -0.25) is 0 Å². The topological polar surface area (TPSA) is 0 Å². The fraction of sp³-hybridized carbons (Fsp3) is 0.250. The zero-order valence-corrected chi connectivity index (χ0v) is 13.4. The van der Waals surface area contributed by atoms with E-state index in [1.807, 2.05) is 0 Å². The predicted octanol–water partition coefficient (Wildman–Crippen LogP) is 5.89. The summed E-state index contributed by atoms with van der Waals surface area (Å²) in [5, 5.41) is 0.157. The molecule has 0 radical (unpaired) electrons. The van der Waals surface area contributed by atoms with Gasteiger partial charge in [-0.05, 0) is 55.2 Å². The molecule has 0 fully saturated rings. The molecular formula is C16H15BrClF. The summed E-state index contributed by atoms with van der Waals surface area (Å²) in [7, 11) is 0. The lowest BCUT2D eigenvalue weighted by Crippen LogP contribution is -2.00. The number of halogens is 3.